The second kappa shape index (κ2) is 11.0. The largest absolute Gasteiger partial charge is 0.383 e. The van der Waals surface area contributed by atoms with Crippen LogP contribution in [0.15, 0.2) is 0 Å². The van der Waals surface area contributed by atoms with Crippen LogP contribution in [0.5, 0.6) is 0 Å². The summed E-state index contributed by atoms with van der Waals surface area (Å²) < 4.78 is 4.98. The first-order valence-corrected chi connectivity index (χ1v) is 6.04. The summed E-state index contributed by atoms with van der Waals surface area (Å²) in [5.74, 6) is 0.921. The Bertz CT molecular complexity index is 106. The van der Waals surface area contributed by atoms with Crippen LogP contribution >= 0.6 is 0 Å². The highest BCUT2D eigenvalue weighted by atomic mass is 16.5. The van der Waals surface area contributed by atoms with Gasteiger partial charge in [0.15, 0.2) is 0 Å². The Hall–Kier alpha value is -0.0800. The molecule has 1 unspecified atom stereocenters. The first-order valence-electron chi connectivity index (χ1n) is 6.04. The Morgan fingerprint density at radius 1 is 1.14 bits per heavy atom. The van der Waals surface area contributed by atoms with Gasteiger partial charge >= 0.3 is 0 Å². The normalized spacial score (nSPS) is 13.1. The standard InChI is InChI=1S/C12H27NO/c1-4-6-7-12(5-2)8-9-13-10-11-14-3/h12-13H,4-11H2,1-3H3. The van der Waals surface area contributed by atoms with Gasteiger partial charge in [0.1, 0.15) is 0 Å². The number of rotatable bonds is 10. The molecule has 0 aromatic heterocycles. The number of hydrogen-bond acceptors (Lipinski definition) is 2. The van der Waals surface area contributed by atoms with Crippen molar-refractivity contribution in [1.82, 2.24) is 5.32 Å². The quantitative estimate of drug-likeness (QED) is 0.549. The molecule has 1 N–H and O–H groups in total. The molecule has 0 heterocycles. The number of nitrogens with one attached hydrogen (secondary N) is 1. The van der Waals surface area contributed by atoms with Crippen molar-refractivity contribution in [2.45, 2.75) is 46.0 Å². The maximum atomic E-state index is 4.98. The molecule has 2 nitrogen and oxygen atoms in total. The van der Waals surface area contributed by atoms with Crippen molar-refractivity contribution in [2.24, 2.45) is 5.92 Å². The zero-order valence-electron chi connectivity index (χ0n) is 10.1. The summed E-state index contributed by atoms with van der Waals surface area (Å²) in [6.07, 6.45) is 6.76. The highest BCUT2D eigenvalue weighted by molar-refractivity contribution is 4.59. The van der Waals surface area contributed by atoms with Crippen molar-refractivity contribution in [3.8, 4) is 0 Å². The number of methoxy groups -OCH3 is 1. The van der Waals surface area contributed by atoms with Crippen molar-refractivity contribution >= 4 is 0 Å². The van der Waals surface area contributed by atoms with Gasteiger partial charge in [0.25, 0.3) is 0 Å². The molecular weight excluding hydrogens is 174 g/mol. The maximum Gasteiger partial charge on any atom is 0.0587 e. The molecule has 0 radical (unpaired) electrons. The smallest absolute Gasteiger partial charge is 0.0587 e. The molecule has 0 saturated carbocycles. The highest BCUT2D eigenvalue weighted by Crippen LogP contribution is 2.15. The summed E-state index contributed by atoms with van der Waals surface area (Å²) >= 11 is 0. The Kier molecular flexibility index (Phi) is 10.9. The molecule has 0 spiro atoms. The molecule has 0 rings (SSSR count). The molecule has 86 valence electrons. The Balaban J connectivity index is 3.24. The van der Waals surface area contributed by atoms with E-state index in [0.717, 1.165) is 25.6 Å². The van der Waals surface area contributed by atoms with Gasteiger partial charge in [-0.15, -0.1) is 0 Å². The summed E-state index contributed by atoms with van der Waals surface area (Å²) in [6.45, 7) is 7.52. The van der Waals surface area contributed by atoms with Crippen molar-refractivity contribution in [1.29, 1.82) is 0 Å². The zero-order chi connectivity index (χ0) is 10.6. The SMILES string of the molecule is CCCCC(CC)CCNCCOC. The Morgan fingerprint density at radius 2 is 1.93 bits per heavy atom. The van der Waals surface area contributed by atoms with E-state index in [1.54, 1.807) is 7.11 Å². The van der Waals surface area contributed by atoms with E-state index in [0.29, 0.717) is 0 Å². The third-order valence-electron chi connectivity index (χ3n) is 2.76. The first-order chi connectivity index (χ1) is 6.85. The van der Waals surface area contributed by atoms with Crippen LogP contribution in [0, 0.1) is 5.92 Å². The lowest BCUT2D eigenvalue weighted by atomic mass is 9.96. The lowest BCUT2D eigenvalue weighted by Crippen LogP contribution is -2.22. The molecule has 0 fully saturated rings. The molecule has 14 heavy (non-hydrogen) atoms. The molecular formula is C12H27NO. The predicted molar refractivity (Wildman–Crippen MR) is 62.7 cm³/mol. The van der Waals surface area contributed by atoms with Crippen LogP contribution in [0.2, 0.25) is 0 Å². The van der Waals surface area contributed by atoms with Crippen LogP contribution in [0.4, 0.5) is 0 Å². The fourth-order valence-electron chi connectivity index (χ4n) is 1.65. The van der Waals surface area contributed by atoms with Gasteiger partial charge < -0.3 is 10.1 Å². The van der Waals surface area contributed by atoms with Crippen molar-refractivity contribution in [3.63, 3.8) is 0 Å². The van der Waals surface area contributed by atoms with Gasteiger partial charge in [0.05, 0.1) is 6.61 Å². The summed E-state index contributed by atoms with van der Waals surface area (Å²) in [7, 11) is 1.75. The van der Waals surface area contributed by atoms with Crippen molar-refractivity contribution < 1.29 is 4.74 Å². The molecule has 0 aromatic carbocycles. The Labute approximate surface area is 89.4 Å². The van der Waals surface area contributed by atoms with Crippen LogP contribution in [0.25, 0.3) is 0 Å². The second-order valence-corrected chi connectivity index (χ2v) is 3.95. The number of ether oxygens (including phenoxy) is 1. The van der Waals surface area contributed by atoms with E-state index in [-0.39, 0.29) is 0 Å². The summed E-state index contributed by atoms with van der Waals surface area (Å²) in [6, 6.07) is 0. The van der Waals surface area contributed by atoms with Gasteiger partial charge in [-0.2, -0.15) is 0 Å². The minimum absolute atomic E-state index is 0.825. The molecule has 0 aromatic rings. The summed E-state index contributed by atoms with van der Waals surface area (Å²) in [4.78, 5) is 0. The van der Waals surface area contributed by atoms with Crippen LogP contribution in [-0.4, -0.2) is 26.8 Å². The lowest BCUT2D eigenvalue weighted by molar-refractivity contribution is 0.198. The van der Waals surface area contributed by atoms with Gasteiger partial charge in [0.2, 0.25) is 0 Å². The molecule has 2 heteroatoms. The molecule has 0 saturated heterocycles. The third-order valence-corrected chi connectivity index (χ3v) is 2.76. The fourth-order valence-corrected chi connectivity index (χ4v) is 1.65. The van der Waals surface area contributed by atoms with Gasteiger partial charge in [0, 0.05) is 13.7 Å². The lowest BCUT2D eigenvalue weighted by Gasteiger charge is -2.14. The molecule has 0 aliphatic heterocycles. The molecule has 0 aliphatic carbocycles. The molecule has 0 amide bonds. The van der Waals surface area contributed by atoms with Gasteiger partial charge in [-0.25, -0.2) is 0 Å². The van der Waals surface area contributed by atoms with Crippen LogP contribution in [0.1, 0.15) is 46.0 Å². The van der Waals surface area contributed by atoms with Gasteiger partial charge in [-0.3, -0.25) is 0 Å². The average Bonchev–Trinajstić information content (AvgIpc) is 2.22. The van der Waals surface area contributed by atoms with E-state index in [1.807, 2.05) is 0 Å². The van der Waals surface area contributed by atoms with E-state index >= 15 is 0 Å². The minimum Gasteiger partial charge on any atom is -0.383 e. The molecule has 1 atom stereocenters. The third kappa shape index (κ3) is 8.52. The predicted octanol–water partition coefficient (Wildman–Crippen LogP) is 2.83. The topological polar surface area (TPSA) is 21.3 Å². The van der Waals surface area contributed by atoms with Crippen LogP contribution in [-0.2, 0) is 4.74 Å². The van der Waals surface area contributed by atoms with E-state index in [9.17, 15) is 0 Å². The highest BCUT2D eigenvalue weighted by Gasteiger charge is 2.04. The van der Waals surface area contributed by atoms with Crippen LogP contribution in [0.3, 0.4) is 0 Å². The van der Waals surface area contributed by atoms with Crippen molar-refractivity contribution in [2.75, 3.05) is 26.8 Å². The first kappa shape index (κ1) is 13.9. The number of hydrogen-bond donors (Lipinski definition) is 1. The zero-order valence-corrected chi connectivity index (χ0v) is 10.1. The molecule has 0 aliphatic rings. The van der Waals surface area contributed by atoms with E-state index in [4.69, 9.17) is 4.74 Å². The second-order valence-electron chi connectivity index (χ2n) is 3.95. The summed E-state index contributed by atoms with van der Waals surface area (Å²) in [5, 5.41) is 3.40. The van der Waals surface area contributed by atoms with E-state index in [1.165, 1.54) is 32.1 Å². The summed E-state index contributed by atoms with van der Waals surface area (Å²) in [5.41, 5.74) is 0. The number of unbranched alkanes of at least 4 members (excludes halogenated alkanes) is 1. The monoisotopic (exact) mass is 201 g/mol. The minimum atomic E-state index is 0.825. The van der Waals surface area contributed by atoms with Crippen LogP contribution < -0.4 is 5.32 Å². The average molecular weight is 201 g/mol. The van der Waals surface area contributed by atoms with E-state index < -0.39 is 0 Å². The van der Waals surface area contributed by atoms with Crippen molar-refractivity contribution in [3.05, 3.63) is 0 Å². The Morgan fingerprint density at radius 3 is 2.50 bits per heavy atom. The maximum absolute atomic E-state index is 4.98. The molecule has 0 bridgehead atoms. The fraction of sp³-hybridized carbons (Fsp3) is 1.00. The van der Waals surface area contributed by atoms with E-state index in [2.05, 4.69) is 19.2 Å². The van der Waals surface area contributed by atoms with Gasteiger partial charge in [-0.05, 0) is 18.9 Å². The van der Waals surface area contributed by atoms with Gasteiger partial charge in [-0.1, -0.05) is 39.5 Å².